The maximum atomic E-state index is 6.80. The maximum absolute atomic E-state index is 6.80. The molecule has 1 aromatic heterocycles. The Labute approximate surface area is 315 Å². The molecule has 3 aromatic carbocycles. The fraction of sp³-hybridized carbons (Fsp3) is 0.455. The molecule has 1 atom stereocenters. The summed E-state index contributed by atoms with van der Waals surface area (Å²) in [7, 11) is 0. The van der Waals surface area contributed by atoms with E-state index in [-0.39, 0.29) is 48.3 Å². The summed E-state index contributed by atoms with van der Waals surface area (Å²) >= 11 is 0. The third-order valence-electron chi connectivity index (χ3n) is 10.6. The van der Waals surface area contributed by atoms with Crippen LogP contribution >= 0.6 is 0 Å². The number of ether oxygens (including phenoxy) is 2. The average molecular weight is 851 g/mol. The Morgan fingerprint density at radius 3 is 2.10 bits per heavy atom. The average Bonchev–Trinajstić information content (AvgIpc) is 3.41. The van der Waals surface area contributed by atoms with Crippen molar-refractivity contribution in [2.45, 2.75) is 119 Å². The van der Waals surface area contributed by atoms with E-state index in [2.05, 4.69) is 162 Å². The van der Waals surface area contributed by atoms with Crippen LogP contribution in [0.25, 0.3) is 0 Å². The first kappa shape index (κ1) is 37.8. The van der Waals surface area contributed by atoms with E-state index in [1.54, 1.807) is 0 Å². The second-order valence-corrected chi connectivity index (χ2v) is 17.9. The van der Waals surface area contributed by atoms with Gasteiger partial charge in [-0.15, -0.1) is 28.8 Å². The number of pyridine rings is 1. The number of hydrogen-bond donors (Lipinski definition) is 0. The molecule has 2 aliphatic rings. The molecule has 50 heavy (non-hydrogen) atoms. The van der Waals surface area contributed by atoms with Gasteiger partial charge in [-0.3, -0.25) is 4.99 Å². The van der Waals surface area contributed by atoms with Crippen molar-refractivity contribution in [1.82, 2.24) is 4.98 Å². The fourth-order valence-electron chi connectivity index (χ4n) is 6.52. The van der Waals surface area contributed by atoms with Crippen molar-refractivity contribution in [2.24, 2.45) is 10.4 Å². The summed E-state index contributed by atoms with van der Waals surface area (Å²) in [5.41, 5.74) is 9.08. The predicted octanol–water partition coefficient (Wildman–Crippen LogP) is 11.4. The van der Waals surface area contributed by atoms with E-state index in [0.29, 0.717) is 24.0 Å². The minimum absolute atomic E-state index is 0. The smallest absolute Gasteiger partial charge is 0.518 e. The van der Waals surface area contributed by atoms with Crippen LogP contribution in [0.2, 0.25) is 0 Å². The number of rotatable bonds is 4. The molecule has 0 amide bonds. The van der Waals surface area contributed by atoms with Gasteiger partial charge in [0.1, 0.15) is 18.3 Å². The molecule has 6 heteroatoms. The zero-order valence-corrected chi connectivity index (χ0v) is 34.6. The summed E-state index contributed by atoms with van der Waals surface area (Å²) in [6.45, 7) is 31.5. The van der Waals surface area contributed by atoms with Crippen molar-refractivity contribution in [3.05, 3.63) is 106 Å². The third-order valence-corrected chi connectivity index (χ3v) is 10.6. The van der Waals surface area contributed by atoms with Gasteiger partial charge >= 0.3 is 21.1 Å². The Morgan fingerprint density at radius 1 is 0.800 bits per heavy atom. The number of aryl methyl sites for hydroxylation is 2. The molecule has 0 unspecified atom stereocenters. The second-order valence-electron chi connectivity index (χ2n) is 17.9. The topological polar surface area (TPSA) is 47.0 Å². The second kappa shape index (κ2) is 12.7. The molecule has 4 aromatic rings. The quantitative estimate of drug-likeness (QED) is 0.192. The molecule has 3 heterocycles. The largest absolute Gasteiger partial charge is 2.00 e. The van der Waals surface area contributed by atoms with Crippen molar-refractivity contribution in [1.29, 1.82) is 0 Å². The van der Waals surface area contributed by atoms with Crippen LogP contribution in [0.1, 0.15) is 122 Å². The Balaban J connectivity index is 0.00000486. The SMILES string of the molecule is Cc1ccc2c(c1)C(C)(C)c1cc(C)c(Oc3[c-]c(C4=N[C@](C)(C(C)(C)C)CO4)cc(C(C)(C)C)c3)[c-]c1N2c1cc(C(C)(C)C)ccn1.[Pt+2]. The molecule has 0 aliphatic carbocycles. The Kier molecular flexibility index (Phi) is 9.57. The van der Waals surface area contributed by atoms with Crippen molar-refractivity contribution >= 4 is 23.1 Å². The van der Waals surface area contributed by atoms with Crippen LogP contribution in [0, 0.1) is 31.4 Å². The van der Waals surface area contributed by atoms with E-state index >= 15 is 0 Å². The molecule has 0 spiro atoms. The van der Waals surface area contributed by atoms with Gasteiger partial charge in [0, 0.05) is 23.4 Å². The maximum Gasteiger partial charge on any atom is 2.00 e. The van der Waals surface area contributed by atoms with Crippen molar-refractivity contribution in [3.8, 4) is 11.5 Å². The molecule has 0 saturated carbocycles. The van der Waals surface area contributed by atoms with Crippen molar-refractivity contribution in [2.75, 3.05) is 11.5 Å². The molecule has 0 fully saturated rings. The zero-order chi connectivity index (χ0) is 35.9. The van der Waals surface area contributed by atoms with Gasteiger partial charge in [-0.25, -0.2) is 4.98 Å². The molecule has 0 bridgehead atoms. The molecule has 6 rings (SSSR count). The van der Waals surface area contributed by atoms with Gasteiger partial charge in [0.25, 0.3) is 0 Å². The fourth-order valence-corrected chi connectivity index (χ4v) is 6.52. The standard InChI is InChI=1S/C44H53N3O2.Pt/c1-27-15-16-35-33(19-27)43(12,13)34-20-28(2)37(25-36(34)47(35)38-24-30(17-18-45-38)40(3,4)5)49-32-22-29(21-31(23-32)41(6,7)8)39-46-44(14,26-48-39)42(9,10)11;/h15-21,23-24H,26H2,1-14H3;/q-2;+2/t44-;/m0./s1. The first-order valence-electron chi connectivity index (χ1n) is 17.5. The number of aromatic nitrogens is 1. The van der Waals surface area contributed by atoms with E-state index in [1.165, 1.54) is 22.3 Å². The van der Waals surface area contributed by atoms with Crippen LogP contribution in [0.4, 0.5) is 17.2 Å². The van der Waals surface area contributed by atoms with Crippen LogP contribution in [-0.4, -0.2) is 23.0 Å². The zero-order valence-electron chi connectivity index (χ0n) is 32.4. The van der Waals surface area contributed by atoms with Crippen LogP contribution in [0.15, 0.2) is 59.7 Å². The summed E-state index contributed by atoms with van der Waals surface area (Å²) in [6, 6.07) is 24.8. The molecular formula is C44H53N3O2Pt. The van der Waals surface area contributed by atoms with E-state index < -0.39 is 0 Å². The molecule has 0 saturated heterocycles. The molecule has 266 valence electrons. The normalized spacial score (nSPS) is 18.4. The van der Waals surface area contributed by atoms with Gasteiger partial charge in [0.2, 0.25) is 0 Å². The Morgan fingerprint density at radius 2 is 1.48 bits per heavy atom. The Bertz CT molecular complexity index is 1970. The van der Waals surface area contributed by atoms with Crippen LogP contribution < -0.4 is 9.64 Å². The summed E-state index contributed by atoms with van der Waals surface area (Å²) in [4.78, 5) is 12.3. The number of nitrogens with zero attached hydrogens (tertiary/aromatic N) is 3. The number of anilines is 3. The summed E-state index contributed by atoms with van der Waals surface area (Å²) in [6.07, 6.45) is 1.92. The molecule has 5 nitrogen and oxygen atoms in total. The van der Waals surface area contributed by atoms with Crippen LogP contribution in [-0.2, 0) is 42.0 Å². The minimum Gasteiger partial charge on any atom is -0.518 e. The number of aliphatic imine (C=N–C) groups is 1. The van der Waals surface area contributed by atoms with Crippen molar-refractivity contribution in [3.63, 3.8) is 0 Å². The first-order chi connectivity index (χ1) is 22.6. The van der Waals surface area contributed by atoms with E-state index in [0.717, 1.165) is 33.9 Å². The van der Waals surface area contributed by atoms with Crippen LogP contribution in [0.5, 0.6) is 11.5 Å². The molecule has 0 N–H and O–H groups in total. The first-order valence-corrected chi connectivity index (χ1v) is 17.5. The summed E-state index contributed by atoms with van der Waals surface area (Å²) in [5.74, 6) is 2.75. The number of fused-ring (bicyclic) bond motifs is 2. The third kappa shape index (κ3) is 6.80. The predicted molar refractivity (Wildman–Crippen MR) is 202 cm³/mol. The van der Waals surface area contributed by atoms with Crippen molar-refractivity contribution < 1.29 is 30.5 Å². The number of benzene rings is 3. The van der Waals surface area contributed by atoms with Crippen LogP contribution in [0.3, 0.4) is 0 Å². The Hall–Kier alpha value is -3.43. The summed E-state index contributed by atoms with van der Waals surface area (Å²) < 4.78 is 13.1. The molecular weight excluding hydrogens is 798 g/mol. The van der Waals surface area contributed by atoms with E-state index in [9.17, 15) is 0 Å². The molecule has 0 radical (unpaired) electrons. The van der Waals surface area contributed by atoms with Gasteiger partial charge in [-0.1, -0.05) is 124 Å². The number of hydrogen-bond acceptors (Lipinski definition) is 5. The van der Waals surface area contributed by atoms with Gasteiger partial charge in [-0.2, -0.15) is 6.07 Å². The van der Waals surface area contributed by atoms with Gasteiger partial charge < -0.3 is 14.4 Å². The van der Waals surface area contributed by atoms with Gasteiger partial charge in [-0.05, 0) is 64.8 Å². The van der Waals surface area contributed by atoms with E-state index in [1.807, 2.05) is 6.20 Å². The monoisotopic (exact) mass is 850 g/mol. The van der Waals surface area contributed by atoms with Gasteiger partial charge in [0.15, 0.2) is 0 Å². The van der Waals surface area contributed by atoms with Gasteiger partial charge in [0.05, 0.1) is 5.54 Å². The minimum atomic E-state index is -0.332. The van der Waals surface area contributed by atoms with E-state index in [4.69, 9.17) is 19.5 Å². The summed E-state index contributed by atoms with van der Waals surface area (Å²) in [5, 5.41) is 0. The molecule has 2 aliphatic heterocycles.